The Hall–Kier alpha value is -2.73. The second-order valence-corrected chi connectivity index (χ2v) is 12.3. The number of benzene rings is 2. The van der Waals surface area contributed by atoms with Gasteiger partial charge >= 0.3 is 5.97 Å². The molecule has 0 spiro atoms. The molecule has 0 aliphatic carbocycles. The summed E-state index contributed by atoms with van der Waals surface area (Å²) in [4.78, 5) is 12.0. The lowest BCUT2D eigenvalue weighted by Gasteiger charge is -2.28. The molecule has 212 valence electrons. The Kier molecular flexibility index (Phi) is 11.5. The topological polar surface area (TPSA) is 88.0 Å². The van der Waals surface area contributed by atoms with Gasteiger partial charge in [0.05, 0.1) is 6.10 Å². The minimum atomic E-state index is -0.740. The molecule has 0 aliphatic heterocycles. The predicted molar refractivity (Wildman–Crippen MR) is 155 cm³/mol. The molecule has 0 aliphatic rings. The lowest BCUT2D eigenvalue weighted by atomic mass is 9.78. The van der Waals surface area contributed by atoms with Crippen LogP contribution in [0.2, 0.25) is 0 Å². The molecule has 0 fully saturated rings. The van der Waals surface area contributed by atoms with Gasteiger partial charge in [0.1, 0.15) is 17.7 Å². The van der Waals surface area contributed by atoms with Gasteiger partial charge < -0.3 is 25.0 Å². The number of ether oxygens (including phenoxy) is 2. The zero-order valence-corrected chi connectivity index (χ0v) is 24.7. The van der Waals surface area contributed by atoms with Crippen LogP contribution in [-0.2, 0) is 26.8 Å². The molecule has 2 atom stereocenters. The number of aryl methyl sites for hydroxylation is 1. The van der Waals surface area contributed by atoms with E-state index in [4.69, 9.17) is 9.47 Å². The van der Waals surface area contributed by atoms with Crippen molar-refractivity contribution in [3.63, 3.8) is 0 Å². The molecule has 2 aromatic carbocycles. The van der Waals surface area contributed by atoms with Crippen LogP contribution in [0.5, 0.6) is 11.5 Å². The fourth-order valence-electron chi connectivity index (χ4n) is 4.34. The van der Waals surface area contributed by atoms with E-state index in [-0.39, 0.29) is 29.5 Å². The molecule has 0 radical (unpaired) electrons. The van der Waals surface area contributed by atoms with Crippen LogP contribution in [0.25, 0.3) is 0 Å². The number of carbonyl (C=O) groups is 1. The highest BCUT2D eigenvalue weighted by atomic mass is 16.6. The first-order valence-corrected chi connectivity index (χ1v) is 13.9. The molecule has 0 bridgehead atoms. The summed E-state index contributed by atoms with van der Waals surface area (Å²) in [5, 5.41) is 24.7. The van der Waals surface area contributed by atoms with E-state index in [9.17, 15) is 15.0 Å². The van der Waals surface area contributed by atoms with Gasteiger partial charge in [0.25, 0.3) is 0 Å². The first kappa shape index (κ1) is 31.5. The van der Waals surface area contributed by atoms with Crippen molar-refractivity contribution in [1.82, 2.24) is 0 Å². The normalized spacial score (nSPS) is 13.6. The third-order valence-corrected chi connectivity index (χ3v) is 6.58. The molecule has 0 aromatic heterocycles. The molecule has 1 unspecified atom stereocenters. The Bertz CT molecular complexity index is 983. The number of rotatable bonds is 13. The van der Waals surface area contributed by atoms with Gasteiger partial charge in [0, 0.05) is 5.69 Å². The van der Waals surface area contributed by atoms with Crippen molar-refractivity contribution in [2.45, 2.75) is 117 Å². The van der Waals surface area contributed by atoms with Gasteiger partial charge in [-0.3, -0.25) is 0 Å². The van der Waals surface area contributed by atoms with Crippen molar-refractivity contribution >= 4 is 11.7 Å². The molecule has 0 heterocycles. The van der Waals surface area contributed by atoms with Gasteiger partial charge in [-0.15, -0.1) is 0 Å². The number of nitrogens with one attached hydrogen (secondary N) is 1. The van der Waals surface area contributed by atoms with Gasteiger partial charge in [-0.05, 0) is 84.4 Å². The molecular weight excluding hydrogens is 478 g/mol. The maximum Gasteiger partial charge on any atom is 0.344 e. The minimum absolute atomic E-state index is 0.104. The quantitative estimate of drug-likeness (QED) is 0.145. The number of carbonyl (C=O) groups excluding carboxylic acids is 1. The average Bonchev–Trinajstić information content (AvgIpc) is 2.81. The molecule has 0 saturated heterocycles. The summed E-state index contributed by atoms with van der Waals surface area (Å²) < 4.78 is 11.0. The molecule has 0 saturated carbocycles. The van der Waals surface area contributed by atoms with Gasteiger partial charge in [0.2, 0.25) is 0 Å². The van der Waals surface area contributed by atoms with E-state index in [0.717, 1.165) is 48.1 Å². The summed E-state index contributed by atoms with van der Waals surface area (Å²) in [6.45, 7) is 16.5. The maximum absolute atomic E-state index is 12.0. The SMILES string of the molecule is CCCCC[C@H](C)OC(=O)COc1ccc(NC(O)CCc2cc(C(C)(C)C)c(O)c(C(C)(C)C)c2)cc1. The number of aliphatic hydroxyl groups is 1. The Labute approximate surface area is 229 Å². The van der Waals surface area contributed by atoms with Gasteiger partial charge in [-0.1, -0.05) is 73.4 Å². The Morgan fingerprint density at radius 3 is 2.05 bits per heavy atom. The standard InChI is InChI=1S/C32H49NO5/c1-9-10-11-12-22(2)38-29(35)21-37-25-16-14-24(15-17-25)33-28(34)18-13-23-19-26(31(3,4)5)30(36)27(20-23)32(6,7)8/h14-17,19-20,22,28,33-34,36H,9-13,18,21H2,1-8H3/t22-,28?/m0/s1. The molecule has 2 aromatic rings. The summed E-state index contributed by atoms with van der Waals surface area (Å²) in [6, 6.07) is 11.3. The van der Waals surface area contributed by atoms with Crippen LogP contribution in [0.15, 0.2) is 36.4 Å². The van der Waals surface area contributed by atoms with E-state index in [0.29, 0.717) is 24.3 Å². The minimum Gasteiger partial charge on any atom is -0.507 e. The van der Waals surface area contributed by atoms with Crippen LogP contribution < -0.4 is 10.1 Å². The van der Waals surface area contributed by atoms with Crippen molar-refractivity contribution in [1.29, 1.82) is 0 Å². The van der Waals surface area contributed by atoms with E-state index < -0.39 is 6.23 Å². The number of esters is 1. The fraction of sp³-hybridized carbons (Fsp3) is 0.594. The highest BCUT2D eigenvalue weighted by Crippen LogP contribution is 2.40. The Morgan fingerprint density at radius 2 is 1.53 bits per heavy atom. The van der Waals surface area contributed by atoms with Crippen LogP contribution in [0.1, 0.15) is 104 Å². The average molecular weight is 528 g/mol. The first-order valence-electron chi connectivity index (χ1n) is 13.9. The highest BCUT2D eigenvalue weighted by molar-refractivity contribution is 5.71. The van der Waals surface area contributed by atoms with E-state index in [1.807, 2.05) is 19.1 Å². The summed E-state index contributed by atoms with van der Waals surface area (Å²) >= 11 is 0. The number of phenols is 1. The van der Waals surface area contributed by atoms with E-state index in [1.165, 1.54) is 0 Å². The van der Waals surface area contributed by atoms with Crippen LogP contribution in [0.3, 0.4) is 0 Å². The first-order chi connectivity index (χ1) is 17.7. The number of aromatic hydroxyl groups is 1. The van der Waals surface area contributed by atoms with Crippen LogP contribution >= 0.6 is 0 Å². The summed E-state index contributed by atoms with van der Waals surface area (Å²) in [6.07, 6.45) is 4.53. The molecule has 6 heteroatoms. The van der Waals surface area contributed by atoms with Crippen molar-refractivity contribution in [2.75, 3.05) is 11.9 Å². The van der Waals surface area contributed by atoms with Crippen LogP contribution in [0.4, 0.5) is 5.69 Å². The predicted octanol–water partition coefficient (Wildman–Crippen LogP) is 7.24. The zero-order chi connectivity index (χ0) is 28.5. The number of hydrogen-bond acceptors (Lipinski definition) is 6. The van der Waals surface area contributed by atoms with Crippen LogP contribution in [-0.4, -0.2) is 35.1 Å². The third kappa shape index (κ3) is 10.2. The molecule has 6 nitrogen and oxygen atoms in total. The maximum atomic E-state index is 12.0. The number of aliphatic hydroxyl groups excluding tert-OH is 1. The molecule has 38 heavy (non-hydrogen) atoms. The summed E-state index contributed by atoms with van der Waals surface area (Å²) in [5.41, 5.74) is 3.32. The lowest BCUT2D eigenvalue weighted by Crippen LogP contribution is -2.21. The monoisotopic (exact) mass is 527 g/mol. The number of hydrogen-bond donors (Lipinski definition) is 3. The smallest absolute Gasteiger partial charge is 0.344 e. The zero-order valence-electron chi connectivity index (χ0n) is 24.7. The number of unbranched alkanes of at least 4 members (excludes halogenated alkanes) is 2. The molecular formula is C32H49NO5. The van der Waals surface area contributed by atoms with E-state index >= 15 is 0 Å². The van der Waals surface area contributed by atoms with Gasteiger partial charge in [-0.2, -0.15) is 0 Å². The largest absolute Gasteiger partial charge is 0.507 e. The van der Waals surface area contributed by atoms with Crippen molar-refractivity contribution in [3.05, 3.63) is 53.1 Å². The second kappa shape index (κ2) is 13.9. The summed E-state index contributed by atoms with van der Waals surface area (Å²) in [7, 11) is 0. The second-order valence-electron chi connectivity index (χ2n) is 12.3. The van der Waals surface area contributed by atoms with Crippen molar-refractivity contribution in [2.24, 2.45) is 0 Å². The van der Waals surface area contributed by atoms with Crippen molar-refractivity contribution in [3.8, 4) is 11.5 Å². The molecule has 3 N–H and O–H groups in total. The molecule has 0 amide bonds. The molecule has 2 rings (SSSR count). The third-order valence-electron chi connectivity index (χ3n) is 6.58. The fourth-order valence-corrected chi connectivity index (χ4v) is 4.34. The lowest BCUT2D eigenvalue weighted by molar-refractivity contribution is -0.150. The van der Waals surface area contributed by atoms with Crippen molar-refractivity contribution < 1.29 is 24.5 Å². The Balaban J connectivity index is 1.90. The number of anilines is 1. The van der Waals surface area contributed by atoms with Crippen LogP contribution in [0, 0.1) is 0 Å². The Morgan fingerprint density at radius 1 is 0.947 bits per heavy atom. The van der Waals surface area contributed by atoms with E-state index in [1.54, 1.807) is 12.1 Å². The number of phenolic OH excluding ortho intramolecular Hbond substituents is 1. The highest BCUT2D eigenvalue weighted by Gasteiger charge is 2.26. The van der Waals surface area contributed by atoms with E-state index in [2.05, 4.69) is 65.9 Å². The summed E-state index contributed by atoms with van der Waals surface area (Å²) in [5.74, 6) is 0.559. The van der Waals surface area contributed by atoms with Gasteiger partial charge in [0.15, 0.2) is 6.61 Å². The van der Waals surface area contributed by atoms with Gasteiger partial charge in [-0.25, -0.2) is 4.79 Å².